The summed E-state index contributed by atoms with van der Waals surface area (Å²) in [6.07, 6.45) is -0.496. The van der Waals surface area contributed by atoms with E-state index in [0.29, 0.717) is 61.7 Å². The number of ether oxygens (including phenoxy) is 4. The number of aliphatic hydroxyl groups excluding tert-OH is 2. The SMILES string of the molecule is CC[C@]12C=CCN3CC[C@@]4(c5cc([C@@]6(C(=O)OC)C[C@H]7C[C@@H](C(C)(F)F)CN(Cc8c6[nH]c6ccccc86)C7)c(OC)cc5N(C)[C@H]4[C@@](O)(C(=O)OC)[C@@H]1OC(C)=O)[C@@H]32.O=C(O)[C@H](O)[C@@H](O)C(=O)O. The molecule has 20 heteroatoms. The third-order valence-electron chi connectivity index (χ3n) is 16.1. The van der Waals surface area contributed by atoms with E-state index in [2.05, 4.69) is 14.8 Å². The fourth-order valence-corrected chi connectivity index (χ4v) is 13.5. The van der Waals surface area contributed by atoms with Crippen molar-refractivity contribution in [2.45, 2.75) is 106 Å². The lowest BCUT2D eigenvalue weighted by Crippen LogP contribution is -2.81. The maximum Gasteiger partial charge on any atom is 0.344 e. The van der Waals surface area contributed by atoms with E-state index in [9.17, 15) is 24.3 Å². The number of halogens is 2. The lowest BCUT2D eigenvalue weighted by molar-refractivity contribution is -0.228. The molecule has 6 N–H and O–H groups in total. The van der Waals surface area contributed by atoms with Crippen LogP contribution in [0.1, 0.15) is 68.8 Å². The standard InChI is InChI=1S/C45H54F2N4O8.C4H6O6/c1-8-42-14-11-16-51-17-15-43(36(42)51)30-19-31(34(56-5)20-33(30)49(4)37(43)45(55,40(54)58-7)38(42)59-25(2)52)44(39(53)57-6)21-26-18-27(41(3,46)47)23-50(22-26)24-29-28-12-9-10-13-32(28)48-35(29)44;5-1(3(7)8)2(6)4(9)10/h9-14,19-20,26-27,36-38,48,55H,8,15-18,21-24H2,1-7H3;1-2,5-6H,(H,7,8)(H,9,10)/t26-,27-,36+,37-,38-,42-,43-,44+,45+;1-,2-/m11/s1. The van der Waals surface area contributed by atoms with Gasteiger partial charge in [0.1, 0.15) is 11.2 Å². The van der Waals surface area contributed by atoms with Crippen LogP contribution in [0.4, 0.5) is 14.5 Å². The summed E-state index contributed by atoms with van der Waals surface area (Å²) in [7, 11) is 5.94. The first-order chi connectivity index (χ1) is 32.5. The Morgan fingerprint density at radius 3 is 2.22 bits per heavy atom. The number of hydrogen-bond donors (Lipinski definition) is 6. The molecule has 1 saturated carbocycles. The van der Waals surface area contributed by atoms with Crippen LogP contribution in [0.3, 0.4) is 0 Å². The van der Waals surface area contributed by atoms with Gasteiger partial charge in [-0.15, -0.1) is 0 Å². The van der Waals surface area contributed by atoms with Crippen molar-refractivity contribution in [3.63, 3.8) is 0 Å². The second-order valence-electron chi connectivity index (χ2n) is 19.6. The van der Waals surface area contributed by atoms with Crippen LogP contribution >= 0.6 is 0 Å². The van der Waals surface area contributed by atoms with Crippen molar-refractivity contribution in [2.24, 2.45) is 17.3 Å². The molecule has 1 spiro atoms. The maximum atomic E-state index is 15.3. The second kappa shape index (κ2) is 17.6. The third kappa shape index (κ3) is 7.30. The highest BCUT2D eigenvalue weighted by atomic mass is 19.3. The number of methoxy groups -OCH3 is 3. The molecule has 3 aromatic rings. The molecular weight excluding hydrogens is 907 g/mol. The number of aliphatic hydroxyl groups is 3. The summed E-state index contributed by atoms with van der Waals surface area (Å²) in [5.74, 6) is -9.46. The van der Waals surface area contributed by atoms with E-state index < -0.39 is 87.9 Å². The number of aliphatic carboxylic acids is 2. The van der Waals surface area contributed by atoms with E-state index in [1.807, 2.05) is 67.4 Å². The van der Waals surface area contributed by atoms with Crippen LogP contribution in [-0.2, 0) is 55.6 Å². The summed E-state index contributed by atoms with van der Waals surface area (Å²) in [6.45, 7) is 6.55. The Kier molecular flexibility index (Phi) is 12.7. The molecule has 6 heterocycles. The van der Waals surface area contributed by atoms with Crippen LogP contribution in [0.15, 0.2) is 48.6 Å². The molecule has 69 heavy (non-hydrogen) atoms. The Morgan fingerprint density at radius 2 is 1.62 bits per heavy atom. The predicted molar refractivity (Wildman–Crippen MR) is 242 cm³/mol. The molecule has 1 aliphatic carbocycles. The van der Waals surface area contributed by atoms with Crippen molar-refractivity contribution in [1.29, 1.82) is 0 Å². The first kappa shape index (κ1) is 49.7. The zero-order valence-electron chi connectivity index (χ0n) is 39.5. The quantitative estimate of drug-likeness (QED) is 0.0971. The molecular formula is C49H60F2N4O14. The molecule has 18 nitrogen and oxygen atoms in total. The Labute approximate surface area is 396 Å². The molecule has 374 valence electrons. The van der Waals surface area contributed by atoms with E-state index in [0.717, 1.165) is 29.0 Å². The van der Waals surface area contributed by atoms with Crippen LogP contribution in [0, 0.1) is 17.3 Å². The second-order valence-corrected chi connectivity index (χ2v) is 19.6. The van der Waals surface area contributed by atoms with Crippen molar-refractivity contribution < 1.29 is 77.2 Å². The smallest absolute Gasteiger partial charge is 0.344 e. The number of esters is 3. The topological polar surface area (TPSA) is 249 Å². The minimum Gasteiger partial charge on any atom is -0.496 e. The number of anilines is 1. The van der Waals surface area contributed by atoms with Crippen molar-refractivity contribution >= 4 is 46.4 Å². The lowest BCUT2D eigenvalue weighted by atomic mass is 9.47. The number of carbonyl (C=O) groups excluding carboxylic acids is 3. The Hall–Kier alpha value is -5.67. The van der Waals surface area contributed by atoms with E-state index in [-0.39, 0.29) is 31.3 Å². The number of para-hydroxylation sites is 1. The van der Waals surface area contributed by atoms with Crippen LogP contribution < -0.4 is 9.64 Å². The number of H-pyrrole nitrogens is 1. The number of piperidine rings is 1. The number of carbonyl (C=O) groups is 5. The highest BCUT2D eigenvalue weighted by Gasteiger charge is 2.80. The van der Waals surface area contributed by atoms with Gasteiger partial charge >= 0.3 is 29.8 Å². The molecule has 3 fully saturated rings. The Morgan fingerprint density at radius 1 is 0.957 bits per heavy atom. The number of benzene rings is 2. The van der Waals surface area contributed by atoms with Crippen molar-refractivity contribution in [3.8, 4) is 5.75 Å². The lowest BCUT2D eigenvalue weighted by Gasteiger charge is -2.63. The average molecular weight is 967 g/mol. The number of likely N-dealkylation sites (N-methyl/N-ethyl adjacent to an activating group) is 1. The highest BCUT2D eigenvalue weighted by Crippen LogP contribution is 2.68. The summed E-state index contributed by atoms with van der Waals surface area (Å²) < 4.78 is 54.3. The van der Waals surface area contributed by atoms with Crippen LogP contribution in [0.25, 0.3) is 10.9 Å². The highest BCUT2D eigenvalue weighted by molar-refractivity contribution is 5.95. The summed E-state index contributed by atoms with van der Waals surface area (Å²) in [6, 6.07) is 10.3. The van der Waals surface area contributed by atoms with Gasteiger partial charge in [-0.2, -0.15) is 0 Å². The molecule has 2 bridgehead atoms. The van der Waals surface area contributed by atoms with Crippen molar-refractivity contribution in [3.05, 3.63) is 70.9 Å². The number of alkyl halides is 2. The number of carboxylic acids is 2. The molecule has 2 aromatic carbocycles. The van der Waals surface area contributed by atoms with Gasteiger partial charge in [0.2, 0.25) is 11.5 Å². The van der Waals surface area contributed by atoms with Gasteiger partial charge in [-0.05, 0) is 68.3 Å². The zero-order valence-corrected chi connectivity index (χ0v) is 39.5. The molecule has 1 aromatic heterocycles. The number of nitrogens with one attached hydrogen (secondary N) is 1. The first-order valence-corrected chi connectivity index (χ1v) is 23.0. The van der Waals surface area contributed by atoms with Crippen LogP contribution in [0.2, 0.25) is 0 Å². The van der Waals surface area contributed by atoms with Gasteiger partial charge in [-0.25, -0.2) is 23.2 Å². The monoisotopic (exact) mass is 966 g/mol. The fourth-order valence-electron chi connectivity index (χ4n) is 13.5. The molecule has 5 aliphatic heterocycles. The fraction of sp³-hybridized carbons (Fsp3) is 0.571. The normalized spacial score (nSPS) is 32.9. The number of hydrogen-bond acceptors (Lipinski definition) is 15. The molecule has 9 rings (SSSR count). The molecule has 0 radical (unpaired) electrons. The number of aromatic nitrogens is 1. The number of carboxylic acid groups (broad SMARTS) is 2. The largest absolute Gasteiger partial charge is 0.496 e. The summed E-state index contributed by atoms with van der Waals surface area (Å²) in [5, 5.41) is 46.7. The van der Waals surface area contributed by atoms with Gasteiger partial charge in [0.25, 0.3) is 0 Å². The van der Waals surface area contributed by atoms with Crippen molar-refractivity contribution in [1.82, 2.24) is 14.8 Å². The predicted octanol–water partition coefficient (Wildman–Crippen LogP) is 2.96. The molecule has 12 atom stereocenters. The van der Waals surface area contributed by atoms with E-state index >= 15 is 13.6 Å². The average Bonchev–Trinajstić information content (AvgIpc) is 3.97. The van der Waals surface area contributed by atoms with Gasteiger partial charge < -0.3 is 54.4 Å². The van der Waals surface area contributed by atoms with Crippen LogP contribution in [-0.4, -0.2) is 167 Å². The number of nitrogens with zero attached hydrogens (tertiary/aromatic N) is 3. The summed E-state index contributed by atoms with van der Waals surface area (Å²) in [4.78, 5) is 72.0. The number of fused-ring (bicyclic) bond motifs is 6. The van der Waals surface area contributed by atoms with E-state index in [4.69, 9.17) is 39.4 Å². The minimum atomic E-state index is -2.94. The molecule has 6 aliphatic rings. The Bertz CT molecular complexity index is 2580. The Balaban J connectivity index is 0.000000579. The van der Waals surface area contributed by atoms with Gasteiger partial charge in [-0.1, -0.05) is 37.3 Å². The molecule has 1 unspecified atom stereocenters. The zero-order chi connectivity index (χ0) is 50.3. The summed E-state index contributed by atoms with van der Waals surface area (Å²) in [5.41, 5.74) is -1.64. The first-order valence-electron chi connectivity index (χ1n) is 23.0. The van der Waals surface area contributed by atoms with Crippen molar-refractivity contribution in [2.75, 3.05) is 59.5 Å². The van der Waals surface area contributed by atoms with Gasteiger partial charge in [0.05, 0.1) is 27.4 Å². The van der Waals surface area contributed by atoms with E-state index in [1.54, 1.807) is 0 Å². The van der Waals surface area contributed by atoms with Crippen LogP contribution in [0.5, 0.6) is 5.75 Å². The van der Waals surface area contributed by atoms with Gasteiger partial charge in [0, 0.05) is 96.9 Å². The maximum absolute atomic E-state index is 15.3. The number of rotatable bonds is 10. The third-order valence-corrected chi connectivity index (χ3v) is 16.1. The van der Waals surface area contributed by atoms with E-state index in [1.165, 1.54) is 28.3 Å². The molecule has 0 amide bonds. The van der Waals surface area contributed by atoms with Gasteiger partial charge in [-0.3, -0.25) is 19.4 Å². The number of aromatic amines is 1. The van der Waals surface area contributed by atoms with Gasteiger partial charge in [0.15, 0.2) is 18.3 Å². The minimum absolute atomic E-state index is 0.155. The molecule has 2 saturated heterocycles. The summed E-state index contributed by atoms with van der Waals surface area (Å²) >= 11 is 0.